The Morgan fingerprint density at radius 3 is 2.89 bits per heavy atom. The molecular weight excluding hydrogens is 220 g/mol. The number of hydrogen-bond donors (Lipinski definition) is 1. The minimum Gasteiger partial charge on any atom is -0.384 e. The first kappa shape index (κ1) is 13.4. The van der Waals surface area contributed by atoms with Crippen molar-refractivity contribution in [3.8, 4) is 0 Å². The standard InChI is InChI=1S/C16H26N2/c1-14-8-5-6-10-16(14)17-11-13-18-12-7-3-4-9-15(18)2/h5-6,8,10,15,17H,3-4,7,9,11-13H2,1-2H3. The number of likely N-dealkylation sites (tertiary alicyclic amines) is 1. The largest absolute Gasteiger partial charge is 0.384 e. The molecule has 1 N–H and O–H groups in total. The van der Waals surface area contributed by atoms with Gasteiger partial charge in [-0.3, -0.25) is 4.90 Å². The predicted octanol–water partition coefficient (Wildman–Crippen LogP) is 3.67. The van der Waals surface area contributed by atoms with Crippen LogP contribution < -0.4 is 5.32 Å². The van der Waals surface area contributed by atoms with Crippen molar-refractivity contribution in [1.82, 2.24) is 4.90 Å². The molecule has 1 aliphatic heterocycles. The Bertz CT molecular complexity index is 362. The van der Waals surface area contributed by atoms with Crippen LogP contribution in [-0.2, 0) is 0 Å². The second-order valence-electron chi connectivity index (χ2n) is 5.48. The lowest BCUT2D eigenvalue weighted by Gasteiger charge is -2.27. The SMILES string of the molecule is Cc1ccccc1NCCN1CCCCCC1C. The van der Waals surface area contributed by atoms with Gasteiger partial charge in [0.05, 0.1) is 0 Å². The minimum atomic E-state index is 0.756. The Hall–Kier alpha value is -1.02. The van der Waals surface area contributed by atoms with Gasteiger partial charge < -0.3 is 5.32 Å². The van der Waals surface area contributed by atoms with E-state index in [1.54, 1.807) is 0 Å². The predicted molar refractivity (Wildman–Crippen MR) is 79.2 cm³/mol. The monoisotopic (exact) mass is 246 g/mol. The number of hydrogen-bond acceptors (Lipinski definition) is 2. The number of benzene rings is 1. The van der Waals surface area contributed by atoms with Gasteiger partial charge in [-0.25, -0.2) is 0 Å². The fraction of sp³-hybridized carbons (Fsp3) is 0.625. The van der Waals surface area contributed by atoms with Crippen molar-refractivity contribution < 1.29 is 0 Å². The molecule has 1 aromatic carbocycles. The van der Waals surface area contributed by atoms with Crippen molar-refractivity contribution in [2.24, 2.45) is 0 Å². The Labute approximate surface area is 111 Å². The number of para-hydroxylation sites is 1. The van der Waals surface area contributed by atoms with E-state index < -0.39 is 0 Å². The molecule has 18 heavy (non-hydrogen) atoms. The highest BCUT2D eigenvalue weighted by Gasteiger charge is 2.15. The molecule has 2 rings (SSSR count). The van der Waals surface area contributed by atoms with E-state index in [2.05, 4.69) is 48.3 Å². The van der Waals surface area contributed by atoms with Crippen molar-refractivity contribution >= 4 is 5.69 Å². The van der Waals surface area contributed by atoms with E-state index in [4.69, 9.17) is 0 Å². The van der Waals surface area contributed by atoms with E-state index in [1.807, 2.05) is 0 Å². The van der Waals surface area contributed by atoms with Crippen LogP contribution in [0.4, 0.5) is 5.69 Å². The van der Waals surface area contributed by atoms with Crippen molar-refractivity contribution in [3.63, 3.8) is 0 Å². The van der Waals surface area contributed by atoms with Gasteiger partial charge in [0.1, 0.15) is 0 Å². The summed E-state index contributed by atoms with van der Waals surface area (Å²) in [5.74, 6) is 0. The van der Waals surface area contributed by atoms with Crippen molar-refractivity contribution in [3.05, 3.63) is 29.8 Å². The minimum absolute atomic E-state index is 0.756. The molecule has 0 aliphatic carbocycles. The number of aryl methyl sites for hydroxylation is 1. The van der Waals surface area contributed by atoms with Crippen molar-refractivity contribution in [2.45, 2.75) is 45.6 Å². The second kappa shape index (κ2) is 6.79. The molecule has 1 aliphatic rings. The van der Waals surface area contributed by atoms with Gasteiger partial charge in [0, 0.05) is 24.8 Å². The Morgan fingerprint density at radius 1 is 1.22 bits per heavy atom. The van der Waals surface area contributed by atoms with Gasteiger partial charge >= 0.3 is 0 Å². The topological polar surface area (TPSA) is 15.3 Å². The molecule has 1 saturated heterocycles. The first-order chi connectivity index (χ1) is 8.77. The quantitative estimate of drug-likeness (QED) is 0.872. The maximum Gasteiger partial charge on any atom is 0.0370 e. The molecular formula is C16H26N2. The van der Waals surface area contributed by atoms with Crippen molar-refractivity contribution in [1.29, 1.82) is 0 Å². The zero-order valence-corrected chi connectivity index (χ0v) is 11.8. The van der Waals surface area contributed by atoms with Gasteiger partial charge in [-0.1, -0.05) is 31.0 Å². The third kappa shape index (κ3) is 3.74. The van der Waals surface area contributed by atoms with Crippen molar-refractivity contribution in [2.75, 3.05) is 25.0 Å². The first-order valence-corrected chi connectivity index (χ1v) is 7.31. The van der Waals surface area contributed by atoms with E-state index in [-0.39, 0.29) is 0 Å². The van der Waals surface area contributed by atoms with Gasteiger partial charge in [-0.2, -0.15) is 0 Å². The van der Waals surface area contributed by atoms with Gasteiger partial charge in [0.2, 0.25) is 0 Å². The highest BCUT2D eigenvalue weighted by Crippen LogP contribution is 2.16. The number of rotatable bonds is 4. The van der Waals surface area contributed by atoms with Gasteiger partial charge in [-0.15, -0.1) is 0 Å². The van der Waals surface area contributed by atoms with E-state index in [1.165, 1.54) is 43.5 Å². The van der Waals surface area contributed by atoms with Crippen LogP contribution in [0.5, 0.6) is 0 Å². The summed E-state index contributed by atoms with van der Waals surface area (Å²) in [6.07, 6.45) is 5.55. The average Bonchev–Trinajstić information content (AvgIpc) is 2.57. The fourth-order valence-electron chi connectivity index (χ4n) is 2.77. The molecule has 1 unspecified atom stereocenters. The molecule has 1 fully saturated rings. The Morgan fingerprint density at radius 2 is 2.06 bits per heavy atom. The van der Waals surface area contributed by atoms with Gasteiger partial charge in [0.15, 0.2) is 0 Å². The van der Waals surface area contributed by atoms with E-state index in [0.29, 0.717) is 0 Å². The molecule has 0 aromatic heterocycles. The highest BCUT2D eigenvalue weighted by atomic mass is 15.2. The summed E-state index contributed by atoms with van der Waals surface area (Å²) in [5.41, 5.74) is 2.61. The molecule has 2 heteroatoms. The molecule has 0 amide bonds. The Kier molecular flexibility index (Phi) is 5.06. The summed E-state index contributed by atoms with van der Waals surface area (Å²) in [7, 11) is 0. The van der Waals surface area contributed by atoms with Crippen LogP contribution in [0.15, 0.2) is 24.3 Å². The average molecular weight is 246 g/mol. The molecule has 2 nitrogen and oxygen atoms in total. The third-order valence-corrected chi connectivity index (χ3v) is 4.05. The molecule has 1 heterocycles. The van der Waals surface area contributed by atoms with E-state index >= 15 is 0 Å². The Balaban J connectivity index is 1.79. The summed E-state index contributed by atoms with van der Waals surface area (Å²) >= 11 is 0. The van der Waals surface area contributed by atoms with Crippen LogP contribution in [-0.4, -0.2) is 30.6 Å². The van der Waals surface area contributed by atoms with E-state index in [0.717, 1.165) is 19.1 Å². The van der Waals surface area contributed by atoms with Gasteiger partial charge in [0.25, 0.3) is 0 Å². The summed E-state index contributed by atoms with van der Waals surface area (Å²) in [6.45, 7) is 8.03. The highest BCUT2D eigenvalue weighted by molar-refractivity contribution is 5.50. The lowest BCUT2D eigenvalue weighted by Crippen LogP contribution is -2.36. The lowest BCUT2D eigenvalue weighted by atomic mass is 10.1. The molecule has 0 bridgehead atoms. The molecule has 0 spiro atoms. The smallest absolute Gasteiger partial charge is 0.0370 e. The lowest BCUT2D eigenvalue weighted by molar-refractivity contribution is 0.222. The number of nitrogens with one attached hydrogen (secondary N) is 1. The number of nitrogens with zero attached hydrogens (tertiary/aromatic N) is 1. The summed E-state index contributed by atoms with van der Waals surface area (Å²) in [6, 6.07) is 9.28. The fourth-order valence-corrected chi connectivity index (χ4v) is 2.77. The molecule has 100 valence electrons. The van der Waals surface area contributed by atoms with E-state index in [9.17, 15) is 0 Å². The summed E-state index contributed by atoms with van der Waals surface area (Å²) < 4.78 is 0. The third-order valence-electron chi connectivity index (χ3n) is 4.05. The summed E-state index contributed by atoms with van der Waals surface area (Å²) in [4.78, 5) is 2.64. The molecule has 1 aromatic rings. The van der Waals surface area contributed by atoms with Crippen LogP contribution in [0.2, 0.25) is 0 Å². The van der Waals surface area contributed by atoms with Crippen LogP contribution in [0, 0.1) is 6.92 Å². The second-order valence-corrected chi connectivity index (χ2v) is 5.48. The summed E-state index contributed by atoms with van der Waals surface area (Å²) in [5, 5.41) is 3.56. The number of anilines is 1. The first-order valence-electron chi connectivity index (χ1n) is 7.31. The zero-order chi connectivity index (χ0) is 12.8. The maximum absolute atomic E-state index is 3.56. The molecule has 0 radical (unpaired) electrons. The molecule has 1 atom stereocenters. The van der Waals surface area contributed by atoms with Crippen LogP contribution in [0.25, 0.3) is 0 Å². The van der Waals surface area contributed by atoms with Crippen LogP contribution in [0.3, 0.4) is 0 Å². The maximum atomic E-state index is 3.56. The van der Waals surface area contributed by atoms with Crippen LogP contribution in [0.1, 0.15) is 38.2 Å². The normalized spacial score (nSPS) is 21.6. The van der Waals surface area contributed by atoms with Crippen LogP contribution >= 0.6 is 0 Å². The zero-order valence-electron chi connectivity index (χ0n) is 11.8. The molecule has 0 saturated carbocycles. The van der Waals surface area contributed by atoms with Gasteiger partial charge in [-0.05, 0) is 44.9 Å².